The molecule has 3 heteroatoms. The fourth-order valence-electron chi connectivity index (χ4n) is 0.988. The maximum atomic E-state index is 12.8. The third kappa shape index (κ3) is 3.50. The number of carbonyl (C=O) groups excluding carboxylic acids is 1. The van der Waals surface area contributed by atoms with Crippen molar-refractivity contribution in [2.24, 2.45) is 0 Å². The van der Waals surface area contributed by atoms with Crippen molar-refractivity contribution in [3.63, 3.8) is 0 Å². The van der Waals surface area contributed by atoms with Crippen molar-refractivity contribution in [1.29, 1.82) is 0 Å². The molecule has 0 saturated carbocycles. The SMILES string of the molecule is CC(C)SCC(=O)c1cccc(F)c1. The molecule has 1 nitrogen and oxygen atoms in total. The summed E-state index contributed by atoms with van der Waals surface area (Å²) >= 11 is 1.57. The van der Waals surface area contributed by atoms with Crippen molar-refractivity contribution in [2.75, 3.05) is 5.75 Å². The molecule has 0 radical (unpaired) electrons. The Hall–Kier alpha value is -0.830. The van der Waals surface area contributed by atoms with Crippen molar-refractivity contribution >= 4 is 17.5 Å². The van der Waals surface area contributed by atoms with Crippen LogP contribution in [0, 0.1) is 5.82 Å². The molecule has 0 amide bonds. The summed E-state index contributed by atoms with van der Waals surface area (Å²) in [6.07, 6.45) is 0. The van der Waals surface area contributed by atoms with E-state index in [1.807, 2.05) is 13.8 Å². The highest BCUT2D eigenvalue weighted by atomic mass is 32.2. The molecular weight excluding hydrogens is 199 g/mol. The summed E-state index contributed by atoms with van der Waals surface area (Å²) in [5.41, 5.74) is 0.457. The van der Waals surface area contributed by atoms with Crippen molar-refractivity contribution in [3.8, 4) is 0 Å². The minimum atomic E-state index is -0.356. The van der Waals surface area contributed by atoms with Gasteiger partial charge in [0.2, 0.25) is 0 Å². The molecule has 0 fully saturated rings. The molecule has 0 unspecified atom stereocenters. The van der Waals surface area contributed by atoms with Crippen molar-refractivity contribution in [3.05, 3.63) is 35.6 Å². The first-order valence-corrected chi connectivity index (χ1v) is 5.55. The average molecular weight is 212 g/mol. The summed E-state index contributed by atoms with van der Waals surface area (Å²) in [6, 6.07) is 5.82. The fourth-order valence-corrected chi connectivity index (χ4v) is 1.64. The first-order chi connectivity index (χ1) is 6.59. The third-order valence-corrected chi connectivity index (χ3v) is 2.79. The van der Waals surface area contributed by atoms with Gasteiger partial charge in [0.15, 0.2) is 5.78 Å². The molecule has 1 aromatic carbocycles. The van der Waals surface area contributed by atoms with Gasteiger partial charge in [0.05, 0.1) is 5.75 Å². The quantitative estimate of drug-likeness (QED) is 0.713. The lowest BCUT2D eigenvalue weighted by molar-refractivity contribution is 0.102. The molecule has 0 aliphatic carbocycles. The van der Waals surface area contributed by atoms with Crippen LogP contribution in [-0.4, -0.2) is 16.8 Å². The molecule has 0 aliphatic rings. The first kappa shape index (κ1) is 11.2. The van der Waals surface area contributed by atoms with Gasteiger partial charge in [-0.2, -0.15) is 11.8 Å². The average Bonchev–Trinajstić information content (AvgIpc) is 2.14. The first-order valence-electron chi connectivity index (χ1n) is 4.50. The monoisotopic (exact) mass is 212 g/mol. The molecule has 1 aromatic rings. The van der Waals surface area contributed by atoms with Crippen LogP contribution in [0.3, 0.4) is 0 Å². The summed E-state index contributed by atoms with van der Waals surface area (Å²) < 4.78 is 12.8. The number of benzene rings is 1. The highest BCUT2D eigenvalue weighted by Gasteiger charge is 2.07. The number of carbonyl (C=O) groups is 1. The molecule has 0 bridgehead atoms. The molecule has 0 aliphatic heterocycles. The largest absolute Gasteiger partial charge is 0.293 e. The van der Waals surface area contributed by atoms with Gasteiger partial charge in [0.1, 0.15) is 5.82 Å². The second-order valence-corrected chi connectivity index (χ2v) is 4.86. The van der Waals surface area contributed by atoms with E-state index in [4.69, 9.17) is 0 Å². The summed E-state index contributed by atoms with van der Waals surface area (Å²) in [5.74, 6) is 0.0507. The van der Waals surface area contributed by atoms with Gasteiger partial charge in [-0.3, -0.25) is 4.79 Å². The van der Waals surface area contributed by atoms with Crippen LogP contribution >= 0.6 is 11.8 Å². The molecule has 0 atom stereocenters. The van der Waals surface area contributed by atoms with Crippen LogP contribution < -0.4 is 0 Å². The zero-order valence-corrected chi connectivity index (χ0v) is 9.10. The number of Topliss-reactive ketones (excluding diaryl/α,β-unsaturated/α-hetero) is 1. The van der Waals surface area contributed by atoms with E-state index in [1.54, 1.807) is 23.9 Å². The van der Waals surface area contributed by atoms with Gasteiger partial charge in [0.25, 0.3) is 0 Å². The topological polar surface area (TPSA) is 17.1 Å². The van der Waals surface area contributed by atoms with E-state index >= 15 is 0 Å². The lowest BCUT2D eigenvalue weighted by Crippen LogP contribution is -2.05. The van der Waals surface area contributed by atoms with E-state index in [9.17, 15) is 9.18 Å². The predicted octanol–water partition coefficient (Wildman–Crippen LogP) is 3.15. The van der Waals surface area contributed by atoms with Crippen LogP contribution in [0.1, 0.15) is 24.2 Å². The van der Waals surface area contributed by atoms with Crippen molar-refractivity contribution in [1.82, 2.24) is 0 Å². The zero-order valence-electron chi connectivity index (χ0n) is 8.29. The van der Waals surface area contributed by atoms with Gasteiger partial charge in [-0.15, -0.1) is 0 Å². The molecule has 76 valence electrons. The fraction of sp³-hybridized carbons (Fsp3) is 0.364. The summed E-state index contributed by atoms with van der Waals surface area (Å²) in [5, 5.41) is 0.424. The Balaban J connectivity index is 2.61. The smallest absolute Gasteiger partial charge is 0.172 e. The van der Waals surface area contributed by atoms with Gasteiger partial charge in [-0.05, 0) is 17.4 Å². The molecular formula is C11H13FOS. The maximum absolute atomic E-state index is 12.8. The van der Waals surface area contributed by atoms with Crippen molar-refractivity contribution < 1.29 is 9.18 Å². The van der Waals surface area contributed by atoms with Crippen LogP contribution in [-0.2, 0) is 0 Å². The van der Waals surface area contributed by atoms with Gasteiger partial charge in [0, 0.05) is 5.56 Å². The van der Waals surface area contributed by atoms with Crippen LogP contribution in [0.15, 0.2) is 24.3 Å². The number of ketones is 1. The van der Waals surface area contributed by atoms with Gasteiger partial charge in [-0.25, -0.2) is 4.39 Å². The Morgan fingerprint density at radius 1 is 1.50 bits per heavy atom. The number of hydrogen-bond donors (Lipinski definition) is 0. The Morgan fingerprint density at radius 2 is 2.21 bits per heavy atom. The van der Waals surface area contributed by atoms with E-state index in [0.29, 0.717) is 16.6 Å². The van der Waals surface area contributed by atoms with Crippen LogP contribution in [0.25, 0.3) is 0 Å². The number of halogens is 1. The lowest BCUT2D eigenvalue weighted by Gasteiger charge is -2.03. The Bertz CT molecular complexity index is 323. The Labute approximate surface area is 87.7 Å². The Kier molecular flexibility index (Phi) is 4.14. The van der Waals surface area contributed by atoms with Crippen LogP contribution in [0.5, 0.6) is 0 Å². The van der Waals surface area contributed by atoms with E-state index in [-0.39, 0.29) is 11.6 Å². The second kappa shape index (κ2) is 5.15. The van der Waals surface area contributed by atoms with Gasteiger partial charge >= 0.3 is 0 Å². The molecule has 14 heavy (non-hydrogen) atoms. The third-order valence-electron chi connectivity index (χ3n) is 1.69. The predicted molar refractivity (Wildman–Crippen MR) is 58.3 cm³/mol. The summed E-state index contributed by atoms with van der Waals surface area (Å²) in [4.78, 5) is 11.5. The van der Waals surface area contributed by atoms with Crippen molar-refractivity contribution in [2.45, 2.75) is 19.1 Å². The summed E-state index contributed by atoms with van der Waals surface area (Å²) in [6.45, 7) is 4.06. The van der Waals surface area contributed by atoms with Gasteiger partial charge < -0.3 is 0 Å². The molecule has 0 spiro atoms. The van der Waals surface area contributed by atoms with Crippen LogP contribution in [0.2, 0.25) is 0 Å². The molecule has 0 aromatic heterocycles. The highest BCUT2D eigenvalue weighted by molar-refractivity contribution is 8.00. The normalized spacial score (nSPS) is 10.6. The molecule has 0 saturated heterocycles. The summed E-state index contributed by atoms with van der Waals surface area (Å²) in [7, 11) is 0. The van der Waals surface area contributed by atoms with E-state index in [1.165, 1.54) is 12.1 Å². The minimum absolute atomic E-state index is 0.0109. The molecule has 0 heterocycles. The lowest BCUT2D eigenvalue weighted by atomic mass is 10.1. The highest BCUT2D eigenvalue weighted by Crippen LogP contribution is 2.13. The molecule has 1 rings (SSSR count). The number of rotatable bonds is 4. The van der Waals surface area contributed by atoms with E-state index < -0.39 is 0 Å². The standard InChI is InChI=1S/C11H13FOS/c1-8(2)14-7-11(13)9-4-3-5-10(12)6-9/h3-6,8H,7H2,1-2H3. The zero-order chi connectivity index (χ0) is 10.6. The van der Waals surface area contributed by atoms with E-state index in [0.717, 1.165) is 0 Å². The Morgan fingerprint density at radius 3 is 2.79 bits per heavy atom. The minimum Gasteiger partial charge on any atom is -0.293 e. The molecule has 0 N–H and O–H groups in total. The van der Waals surface area contributed by atoms with Crippen LogP contribution in [0.4, 0.5) is 4.39 Å². The number of hydrogen-bond acceptors (Lipinski definition) is 2. The van der Waals surface area contributed by atoms with E-state index in [2.05, 4.69) is 0 Å². The number of thioether (sulfide) groups is 1. The van der Waals surface area contributed by atoms with Gasteiger partial charge in [-0.1, -0.05) is 26.0 Å². The second-order valence-electron chi connectivity index (χ2n) is 3.29. The maximum Gasteiger partial charge on any atom is 0.172 e.